The number of nitrogens with zero attached hydrogens (tertiary/aromatic N) is 1. The number of benzene rings is 1. The molecule has 1 fully saturated rings. The smallest absolute Gasteiger partial charge is 0.321 e. The van der Waals surface area contributed by atoms with Crippen molar-refractivity contribution in [3.8, 4) is 0 Å². The number of hydrogen-bond donors (Lipinski definition) is 2. The molecule has 0 bridgehead atoms. The Morgan fingerprint density at radius 2 is 2.06 bits per heavy atom. The number of para-hydroxylation sites is 1. The lowest BCUT2D eigenvalue weighted by Crippen LogP contribution is -2.48. The van der Waals surface area contributed by atoms with Crippen LogP contribution in [0.2, 0.25) is 0 Å². The lowest BCUT2D eigenvalue weighted by atomic mass is 10.1. The number of nitrogens with one attached hydrogen (secondary N) is 2. The van der Waals surface area contributed by atoms with Crippen LogP contribution in [0.15, 0.2) is 24.3 Å². The number of aryl methyl sites for hydroxylation is 1. The number of carbonyl (C=O) groups is 1. The Balaban J connectivity index is 2.01. The van der Waals surface area contributed by atoms with Crippen molar-refractivity contribution in [1.29, 1.82) is 0 Å². The standard InChI is InChI=1S/C13H19N3O/c1-2-11-5-3-4-6-12(11)15-13(17)16-9-7-14-8-10-16/h3-6,14H,2,7-10H2,1H3,(H,15,17). The summed E-state index contributed by atoms with van der Waals surface area (Å²) in [5.74, 6) is 0. The maximum absolute atomic E-state index is 12.0. The van der Waals surface area contributed by atoms with Crippen LogP contribution in [0.25, 0.3) is 0 Å². The van der Waals surface area contributed by atoms with E-state index in [1.807, 2.05) is 29.2 Å². The highest BCUT2D eigenvalue weighted by molar-refractivity contribution is 5.90. The Kier molecular flexibility index (Phi) is 3.98. The van der Waals surface area contributed by atoms with Crippen molar-refractivity contribution in [3.05, 3.63) is 29.8 Å². The van der Waals surface area contributed by atoms with Gasteiger partial charge in [-0.05, 0) is 18.1 Å². The maximum Gasteiger partial charge on any atom is 0.321 e. The molecule has 1 saturated heterocycles. The van der Waals surface area contributed by atoms with Gasteiger partial charge in [0.2, 0.25) is 0 Å². The van der Waals surface area contributed by atoms with Gasteiger partial charge in [0, 0.05) is 31.9 Å². The fourth-order valence-electron chi connectivity index (χ4n) is 2.01. The fourth-order valence-corrected chi connectivity index (χ4v) is 2.01. The van der Waals surface area contributed by atoms with E-state index in [0.717, 1.165) is 38.3 Å². The van der Waals surface area contributed by atoms with E-state index in [9.17, 15) is 4.79 Å². The van der Waals surface area contributed by atoms with Crippen LogP contribution in [0.4, 0.5) is 10.5 Å². The Labute approximate surface area is 102 Å². The summed E-state index contributed by atoms with van der Waals surface area (Å²) in [6.07, 6.45) is 0.929. The average molecular weight is 233 g/mol. The monoisotopic (exact) mass is 233 g/mol. The number of piperazine rings is 1. The van der Waals surface area contributed by atoms with Gasteiger partial charge in [-0.15, -0.1) is 0 Å². The van der Waals surface area contributed by atoms with Crippen molar-refractivity contribution < 1.29 is 4.79 Å². The van der Waals surface area contributed by atoms with Gasteiger partial charge >= 0.3 is 6.03 Å². The molecular weight excluding hydrogens is 214 g/mol. The predicted molar refractivity (Wildman–Crippen MR) is 69.3 cm³/mol. The van der Waals surface area contributed by atoms with E-state index in [1.54, 1.807) is 0 Å². The van der Waals surface area contributed by atoms with Gasteiger partial charge in [-0.1, -0.05) is 25.1 Å². The molecule has 0 saturated carbocycles. The van der Waals surface area contributed by atoms with Crippen LogP contribution in [-0.2, 0) is 6.42 Å². The normalized spacial score (nSPS) is 15.7. The molecule has 0 atom stereocenters. The van der Waals surface area contributed by atoms with Gasteiger partial charge in [-0.25, -0.2) is 4.79 Å². The first-order valence-electron chi connectivity index (χ1n) is 6.16. The molecule has 2 rings (SSSR count). The van der Waals surface area contributed by atoms with E-state index < -0.39 is 0 Å². The summed E-state index contributed by atoms with van der Waals surface area (Å²) in [4.78, 5) is 13.9. The van der Waals surface area contributed by atoms with Crippen LogP contribution in [0, 0.1) is 0 Å². The van der Waals surface area contributed by atoms with E-state index in [2.05, 4.69) is 17.6 Å². The van der Waals surface area contributed by atoms with Crippen LogP contribution in [-0.4, -0.2) is 37.1 Å². The third kappa shape index (κ3) is 2.97. The topological polar surface area (TPSA) is 44.4 Å². The minimum absolute atomic E-state index is 0.00685. The highest BCUT2D eigenvalue weighted by Gasteiger charge is 2.16. The van der Waals surface area contributed by atoms with Crippen LogP contribution < -0.4 is 10.6 Å². The highest BCUT2D eigenvalue weighted by atomic mass is 16.2. The molecule has 2 N–H and O–H groups in total. The van der Waals surface area contributed by atoms with E-state index in [-0.39, 0.29) is 6.03 Å². The lowest BCUT2D eigenvalue weighted by Gasteiger charge is -2.27. The van der Waals surface area contributed by atoms with E-state index in [0.29, 0.717) is 0 Å². The van der Waals surface area contributed by atoms with Crippen molar-refractivity contribution >= 4 is 11.7 Å². The molecule has 1 aromatic carbocycles. The molecule has 0 spiro atoms. The van der Waals surface area contributed by atoms with E-state index in [4.69, 9.17) is 0 Å². The summed E-state index contributed by atoms with van der Waals surface area (Å²) >= 11 is 0. The second-order valence-electron chi connectivity index (χ2n) is 4.18. The molecule has 0 aromatic heterocycles. The second-order valence-corrected chi connectivity index (χ2v) is 4.18. The first kappa shape index (κ1) is 11.9. The largest absolute Gasteiger partial charge is 0.322 e. The number of rotatable bonds is 2. The number of amides is 2. The molecule has 4 heteroatoms. The van der Waals surface area contributed by atoms with Gasteiger partial charge in [-0.2, -0.15) is 0 Å². The minimum Gasteiger partial charge on any atom is -0.322 e. The molecule has 4 nitrogen and oxygen atoms in total. The summed E-state index contributed by atoms with van der Waals surface area (Å²) in [6.45, 7) is 5.40. The van der Waals surface area contributed by atoms with Gasteiger partial charge in [0.1, 0.15) is 0 Å². The van der Waals surface area contributed by atoms with E-state index >= 15 is 0 Å². The van der Waals surface area contributed by atoms with E-state index in [1.165, 1.54) is 5.56 Å². The van der Waals surface area contributed by atoms with Crippen molar-refractivity contribution in [2.24, 2.45) is 0 Å². The minimum atomic E-state index is 0.00685. The Bertz CT molecular complexity index is 386. The molecule has 17 heavy (non-hydrogen) atoms. The molecule has 0 unspecified atom stereocenters. The lowest BCUT2D eigenvalue weighted by molar-refractivity contribution is 0.204. The Hall–Kier alpha value is -1.55. The Morgan fingerprint density at radius 1 is 1.35 bits per heavy atom. The molecule has 92 valence electrons. The predicted octanol–water partition coefficient (Wildman–Crippen LogP) is 1.69. The first-order chi connectivity index (χ1) is 8.31. The first-order valence-corrected chi connectivity index (χ1v) is 6.16. The number of anilines is 1. The summed E-state index contributed by atoms with van der Waals surface area (Å²) in [7, 11) is 0. The molecule has 0 aliphatic carbocycles. The van der Waals surface area contributed by atoms with Crippen molar-refractivity contribution in [2.45, 2.75) is 13.3 Å². The summed E-state index contributed by atoms with van der Waals surface area (Å²) in [5, 5.41) is 6.22. The third-order valence-electron chi connectivity index (χ3n) is 3.04. The second kappa shape index (κ2) is 5.68. The number of hydrogen-bond acceptors (Lipinski definition) is 2. The van der Waals surface area contributed by atoms with Gasteiger partial charge in [0.05, 0.1) is 0 Å². The molecule has 0 radical (unpaired) electrons. The van der Waals surface area contributed by atoms with Gasteiger partial charge < -0.3 is 15.5 Å². The Morgan fingerprint density at radius 3 is 2.76 bits per heavy atom. The highest BCUT2D eigenvalue weighted by Crippen LogP contribution is 2.16. The van der Waals surface area contributed by atoms with Crippen molar-refractivity contribution in [2.75, 3.05) is 31.5 Å². The number of carbonyl (C=O) groups excluding carboxylic acids is 1. The molecule has 1 aromatic rings. The molecule has 2 amide bonds. The zero-order chi connectivity index (χ0) is 12.1. The zero-order valence-electron chi connectivity index (χ0n) is 10.2. The van der Waals surface area contributed by atoms with Gasteiger partial charge in [0.25, 0.3) is 0 Å². The fraction of sp³-hybridized carbons (Fsp3) is 0.462. The van der Waals surface area contributed by atoms with Gasteiger partial charge in [0.15, 0.2) is 0 Å². The van der Waals surface area contributed by atoms with Crippen molar-refractivity contribution in [1.82, 2.24) is 10.2 Å². The van der Waals surface area contributed by atoms with Crippen LogP contribution in [0.5, 0.6) is 0 Å². The SMILES string of the molecule is CCc1ccccc1NC(=O)N1CCNCC1. The van der Waals surface area contributed by atoms with Crippen molar-refractivity contribution in [3.63, 3.8) is 0 Å². The van der Waals surface area contributed by atoms with Crippen LogP contribution >= 0.6 is 0 Å². The summed E-state index contributed by atoms with van der Waals surface area (Å²) in [5.41, 5.74) is 2.11. The summed E-state index contributed by atoms with van der Waals surface area (Å²) in [6, 6.07) is 7.96. The quantitative estimate of drug-likeness (QED) is 0.816. The maximum atomic E-state index is 12.0. The zero-order valence-corrected chi connectivity index (χ0v) is 10.2. The molecule has 1 heterocycles. The van der Waals surface area contributed by atoms with Gasteiger partial charge in [-0.3, -0.25) is 0 Å². The van der Waals surface area contributed by atoms with Crippen LogP contribution in [0.3, 0.4) is 0 Å². The molecular formula is C13H19N3O. The average Bonchev–Trinajstić information content (AvgIpc) is 2.40. The summed E-state index contributed by atoms with van der Waals surface area (Å²) < 4.78 is 0. The molecule has 1 aliphatic heterocycles. The third-order valence-corrected chi connectivity index (χ3v) is 3.04. The molecule has 1 aliphatic rings. The number of urea groups is 1. The van der Waals surface area contributed by atoms with Crippen LogP contribution in [0.1, 0.15) is 12.5 Å².